The van der Waals surface area contributed by atoms with Gasteiger partial charge in [-0.2, -0.15) is 0 Å². The molecular formula is C26H48N2O4. The van der Waals surface area contributed by atoms with Crippen molar-refractivity contribution < 1.29 is 18.9 Å². The summed E-state index contributed by atoms with van der Waals surface area (Å²) in [6.07, 6.45) is 18.7. The van der Waals surface area contributed by atoms with Crippen LogP contribution in [0, 0.1) is 11.8 Å². The van der Waals surface area contributed by atoms with Crippen molar-refractivity contribution in [1.29, 1.82) is 0 Å². The molecule has 4 fully saturated rings. The van der Waals surface area contributed by atoms with Crippen molar-refractivity contribution in [2.45, 2.75) is 128 Å². The number of ether oxygens (including phenoxy) is 4. The van der Waals surface area contributed by atoms with Crippen LogP contribution in [0.5, 0.6) is 0 Å². The third kappa shape index (κ3) is 7.38. The van der Waals surface area contributed by atoms with Crippen LogP contribution in [0.4, 0.5) is 0 Å². The fraction of sp³-hybridized carbons (Fsp3) is 1.00. The fourth-order valence-corrected chi connectivity index (χ4v) is 6.05. The van der Waals surface area contributed by atoms with Crippen LogP contribution in [-0.2, 0) is 18.9 Å². The van der Waals surface area contributed by atoms with Gasteiger partial charge in [0.1, 0.15) is 6.61 Å². The Bertz CT molecular complexity index is 512. The molecule has 4 rings (SSSR count). The number of unbranched alkanes of at least 4 members (excludes halogenated alkanes) is 5. The first kappa shape index (κ1) is 24.9. The minimum atomic E-state index is -0.326. The SMILES string of the molecule is CCCCCCCCOC1NCC(C2CCC(OC3COC4(CCCCC4)O3)CC2)CN1. The van der Waals surface area contributed by atoms with Gasteiger partial charge >= 0.3 is 0 Å². The summed E-state index contributed by atoms with van der Waals surface area (Å²) in [5.74, 6) is 1.15. The second-order valence-corrected chi connectivity index (χ2v) is 10.6. The number of hydrogen-bond donors (Lipinski definition) is 2. The molecule has 6 nitrogen and oxygen atoms in total. The Labute approximate surface area is 195 Å². The molecule has 32 heavy (non-hydrogen) atoms. The predicted octanol–water partition coefficient (Wildman–Crippen LogP) is 5.06. The van der Waals surface area contributed by atoms with E-state index in [4.69, 9.17) is 18.9 Å². The summed E-state index contributed by atoms with van der Waals surface area (Å²) in [5, 5.41) is 7.16. The highest BCUT2D eigenvalue weighted by Gasteiger charge is 2.43. The van der Waals surface area contributed by atoms with E-state index < -0.39 is 0 Å². The van der Waals surface area contributed by atoms with E-state index in [1.54, 1.807) is 0 Å². The van der Waals surface area contributed by atoms with Gasteiger partial charge in [-0.05, 0) is 56.8 Å². The molecule has 0 aromatic carbocycles. The maximum Gasteiger partial charge on any atom is 0.184 e. The van der Waals surface area contributed by atoms with Gasteiger partial charge in [-0.25, -0.2) is 0 Å². The van der Waals surface area contributed by atoms with Crippen LogP contribution in [0.1, 0.15) is 103 Å². The molecule has 0 radical (unpaired) electrons. The average molecular weight is 453 g/mol. The van der Waals surface area contributed by atoms with E-state index in [0.29, 0.717) is 18.6 Å². The molecule has 2 aliphatic heterocycles. The zero-order chi connectivity index (χ0) is 22.1. The van der Waals surface area contributed by atoms with Crippen molar-refractivity contribution in [2.24, 2.45) is 11.8 Å². The molecule has 0 aromatic rings. The van der Waals surface area contributed by atoms with Crippen LogP contribution in [0.2, 0.25) is 0 Å². The summed E-state index contributed by atoms with van der Waals surface area (Å²) in [5.41, 5.74) is 0. The molecule has 2 saturated carbocycles. The molecule has 6 heteroatoms. The maximum absolute atomic E-state index is 6.32. The van der Waals surface area contributed by atoms with Crippen molar-refractivity contribution in [2.75, 3.05) is 26.3 Å². The Morgan fingerprint density at radius 3 is 2.31 bits per heavy atom. The first-order valence-corrected chi connectivity index (χ1v) is 13.8. The lowest BCUT2D eigenvalue weighted by molar-refractivity contribution is -0.236. The Morgan fingerprint density at radius 2 is 1.56 bits per heavy atom. The molecule has 1 spiro atoms. The summed E-state index contributed by atoms with van der Waals surface area (Å²) < 4.78 is 24.6. The number of hydrogen-bond acceptors (Lipinski definition) is 6. The van der Waals surface area contributed by atoms with Gasteiger partial charge in [0, 0.05) is 25.9 Å². The van der Waals surface area contributed by atoms with Gasteiger partial charge in [0.05, 0.1) is 12.7 Å². The van der Waals surface area contributed by atoms with Crippen LogP contribution in [-0.4, -0.2) is 50.8 Å². The highest BCUT2D eigenvalue weighted by molar-refractivity contribution is 4.85. The van der Waals surface area contributed by atoms with Gasteiger partial charge in [-0.1, -0.05) is 45.4 Å². The molecule has 186 valence electrons. The molecule has 0 aromatic heterocycles. The van der Waals surface area contributed by atoms with E-state index >= 15 is 0 Å². The summed E-state index contributed by atoms with van der Waals surface area (Å²) in [6, 6.07) is 0. The van der Waals surface area contributed by atoms with Gasteiger partial charge in [0.2, 0.25) is 0 Å². The number of nitrogens with one attached hydrogen (secondary N) is 2. The van der Waals surface area contributed by atoms with Gasteiger partial charge in [0.25, 0.3) is 0 Å². The van der Waals surface area contributed by atoms with Crippen LogP contribution in [0.3, 0.4) is 0 Å². The smallest absolute Gasteiger partial charge is 0.184 e. The van der Waals surface area contributed by atoms with Gasteiger partial charge in [0.15, 0.2) is 18.4 Å². The second-order valence-electron chi connectivity index (χ2n) is 10.6. The lowest BCUT2D eigenvalue weighted by Gasteiger charge is -2.39. The van der Waals surface area contributed by atoms with Gasteiger partial charge in [-0.3, -0.25) is 10.6 Å². The summed E-state index contributed by atoms with van der Waals surface area (Å²) in [6.45, 7) is 5.86. The Morgan fingerprint density at radius 1 is 0.844 bits per heavy atom. The van der Waals surface area contributed by atoms with Crippen molar-refractivity contribution in [3.05, 3.63) is 0 Å². The normalized spacial score (nSPS) is 35.3. The fourth-order valence-electron chi connectivity index (χ4n) is 6.05. The highest BCUT2D eigenvalue weighted by Crippen LogP contribution is 2.39. The van der Waals surface area contributed by atoms with E-state index in [1.165, 1.54) is 70.6 Å². The zero-order valence-electron chi connectivity index (χ0n) is 20.5. The quantitative estimate of drug-likeness (QED) is 0.427. The molecule has 2 saturated heterocycles. The molecule has 0 bridgehead atoms. The van der Waals surface area contributed by atoms with E-state index in [0.717, 1.165) is 51.3 Å². The molecule has 2 aliphatic carbocycles. The summed E-state index contributed by atoms with van der Waals surface area (Å²) >= 11 is 0. The molecule has 1 unspecified atom stereocenters. The monoisotopic (exact) mass is 452 g/mol. The van der Waals surface area contributed by atoms with Crippen LogP contribution < -0.4 is 10.6 Å². The zero-order valence-corrected chi connectivity index (χ0v) is 20.5. The van der Waals surface area contributed by atoms with Crippen molar-refractivity contribution in [3.63, 3.8) is 0 Å². The molecule has 2 N–H and O–H groups in total. The topological polar surface area (TPSA) is 61.0 Å². The maximum atomic E-state index is 6.32. The van der Waals surface area contributed by atoms with Crippen LogP contribution >= 0.6 is 0 Å². The second kappa shape index (κ2) is 13.0. The number of rotatable bonds is 11. The largest absolute Gasteiger partial charge is 0.350 e. The van der Waals surface area contributed by atoms with E-state index in [9.17, 15) is 0 Å². The third-order valence-electron chi connectivity index (χ3n) is 8.09. The standard InChI is InChI=1S/C26H48N2O4/c1-2-3-4-5-6-10-17-29-25-27-18-22(19-28-25)21-11-13-23(14-12-21)31-24-20-30-26(32-24)15-8-7-9-16-26/h21-25,27-28H,2-20H2,1H3. The average Bonchev–Trinajstić information content (AvgIpc) is 3.21. The van der Waals surface area contributed by atoms with Gasteiger partial charge in [-0.15, -0.1) is 0 Å². The molecule has 0 amide bonds. The summed E-state index contributed by atoms with van der Waals surface area (Å²) in [4.78, 5) is 0. The Hall–Kier alpha value is -0.240. The summed E-state index contributed by atoms with van der Waals surface area (Å²) in [7, 11) is 0. The van der Waals surface area contributed by atoms with E-state index in [-0.39, 0.29) is 18.4 Å². The van der Waals surface area contributed by atoms with Gasteiger partial charge < -0.3 is 18.9 Å². The van der Waals surface area contributed by atoms with Crippen LogP contribution in [0.25, 0.3) is 0 Å². The third-order valence-corrected chi connectivity index (χ3v) is 8.09. The minimum absolute atomic E-state index is 0.0354. The lowest BCUT2D eigenvalue weighted by atomic mass is 9.78. The van der Waals surface area contributed by atoms with E-state index in [1.807, 2.05) is 0 Å². The first-order chi connectivity index (χ1) is 15.8. The Balaban J connectivity index is 1.05. The molecular weight excluding hydrogens is 404 g/mol. The molecule has 1 atom stereocenters. The molecule has 2 heterocycles. The van der Waals surface area contributed by atoms with Crippen molar-refractivity contribution >= 4 is 0 Å². The van der Waals surface area contributed by atoms with Crippen molar-refractivity contribution in [3.8, 4) is 0 Å². The van der Waals surface area contributed by atoms with Crippen molar-refractivity contribution in [1.82, 2.24) is 10.6 Å². The molecule has 4 aliphatic rings. The van der Waals surface area contributed by atoms with Crippen LogP contribution in [0.15, 0.2) is 0 Å². The lowest BCUT2D eigenvalue weighted by Crippen LogP contribution is -2.55. The van der Waals surface area contributed by atoms with E-state index in [2.05, 4.69) is 17.6 Å². The highest BCUT2D eigenvalue weighted by atomic mass is 16.8. The predicted molar refractivity (Wildman–Crippen MR) is 126 cm³/mol. The minimum Gasteiger partial charge on any atom is -0.350 e. The first-order valence-electron chi connectivity index (χ1n) is 13.8. The Kier molecular flexibility index (Phi) is 10.1.